The van der Waals surface area contributed by atoms with Gasteiger partial charge in [0.2, 0.25) is 5.91 Å². The van der Waals surface area contributed by atoms with Crippen molar-refractivity contribution in [1.29, 1.82) is 0 Å². The van der Waals surface area contributed by atoms with Crippen LogP contribution in [0.15, 0.2) is 18.2 Å². The largest absolute Gasteiger partial charge is 0.373 e. The molecule has 2 rings (SSSR count). The van der Waals surface area contributed by atoms with Crippen LogP contribution in [0.5, 0.6) is 0 Å². The molecular formula is C15H21ClN2O2. The fourth-order valence-corrected chi connectivity index (χ4v) is 2.72. The molecule has 0 aromatic heterocycles. The van der Waals surface area contributed by atoms with E-state index >= 15 is 0 Å². The van der Waals surface area contributed by atoms with E-state index in [1.807, 2.05) is 39.0 Å². The lowest BCUT2D eigenvalue weighted by Crippen LogP contribution is -2.48. The van der Waals surface area contributed by atoms with Crippen LogP contribution in [0.3, 0.4) is 0 Å². The van der Waals surface area contributed by atoms with Crippen LogP contribution in [-0.4, -0.2) is 42.6 Å². The SMILES string of the molecule is Cc1c(Cl)cccc1NC(=O)CN1C[C@@H](C)O[C@H](C)C1. The number of amides is 1. The van der Waals surface area contributed by atoms with Crippen molar-refractivity contribution in [2.45, 2.75) is 33.0 Å². The van der Waals surface area contributed by atoms with Crippen LogP contribution >= 0.6 is 11.6 Å². The molecule has 0 bridgehead atoms. The number of anilines is 1. The average molecular weight is 297 g/mol. The number of benzene rings is 1. The first-order chi connectivity index (χ1) is 9.45. The number of halogens is 1. The predicted octanol–water partition coefficient (Wildman–Crippen LogP) is 2.70. The van der Waals surface area contributed by atoms with Gasteiger partial charge in [-0.1, -0.05) is 17.7 Å². The van der Waals surface area contributed by atoms with Crippen LogP contribution in [0.25, 0.3) is 0 Å². The summed E-state index contributed by atoms with van der Waals surface area (Å²) in [5.41, 5.74) is 1.67. The molecule has 0 spiro atoms. The average Bonchev–Trinajstić information content (AvgIpc) is 2.33. The van der Waals surface area contributed by atoms with Gasteiger partial charge < -0.3 is 10.1 Å². The lowest BCUT2D eigenvalue weighted by molar-refractivity contribution is -0.121. The van der Waals surface area contributed by atoms with E-state index in [-0.39, 0.29) is 18.1 Å². The Balaban J connectivity index is 1.94. The number of morpholine rings is 1. The number of rotatable bonds is 3. The summed E-state index contributed by atoms with van der Waals surface area (Å²) in [4.78, 5) is 14.2. The van der Waals surface area contributed by atoms with E-state index in [1.165, 1.54) is 0 Å². The summed E-state index contributed by atoms with van der Waals surface area (Å²) in [5, 5.41) is 3.59. The van der Waals surface area contributed by atoms with E-state index < -0.39 is 0 Å². The van der Waals surface area contributed by atoms with Gasteiger partial charge in [-0.2, -0.15) is 0 Å². The Morgan fingerprint density at radius 2 is 2.05 bits per heavy atom. The third-order valence-corrected chi connectivity index (χ3v) is 3.81. The van der Waals surface area contributed by atoms with Gasteiger partial charge in [0.1, 0.15) is 0 Å². The number of hydrogen-bond acceptors (Lipinski definition) is 3. The molecule has 1 amide bonds. The second kappa shape index (κ2) is 6.57. The summed E-state index contributed by atoms with van der Waals surface area (Å²) in [6.07, 6.45) is 0.332. The molecule has 2 atom stereocenters. The zero-order valence-electron chi connectivity index (χ0n) is 12.1. The summed E-state index contributed by atoms with van der Waals surface area (Å²) in [5.74, 6) is -0.0170. The van der Waals surface area contributed by atoms with Crippen LogP contribution in [0.1, 0.15) is 19.4 Å². The maximum Gasteiger partial charge on any atom is 0.238 e. The molecule has 0 unspecified atom stereocenters. The Morgan fingerprint density at radius 1 is 1.40 bits per heavy atom. The first kappa shape index (κ1) is 15.3. The predicted molar refractivity (Wildman–Crippen MR) is 81.3 cm³/mol. The van der Waals surface area contributed by atoms with Gasteiger partial charge >= 0.3 is 0 Å². The quantitative estimate of drug-likeness (QED) is 0.932. The summed E-state index contributed by atoms with van der Waals surface area (Å²) < 4.78 is 5.66. The minimum atomic E-state index is -0.0170. The molecule has 1 aliphatic heterocycles. The number of ether oxygens (including phenoxy) is 1. The number of nitrogens with zero attached hydrogens (tertiary/aromatic N) is 1. The standard InChI is InChI=1S/C15H21ClN2O2/c1-10-7-18(8-11(2)20-10)9-15(19)17-14-6-4-5-13(16)12(14)3/h4-6,10-11H,7-9H2,1-3H3,(H,17,19)/t10-,11-/m1/s1. The Kier molecular flexibility index (Phi) is 5.02. The number of carbonyl (C=O) groups excluding carboxylic acids is 1. The maximum absolute atomic E-state index is 12.1. The van der Waals surface area contributed by atoms with E-state index in [0.29, 0.717) is 11.6 Å². The zero-order chi connectivity index (χ0) is 14.7. The van der Waals surface area contributed by atoms with Gasteiger partial charge in [-0.05, 0) is 38.5 Å². The van der Waals surface area contributed by atoms with Crippen molar-refractivity contribution in [1.82, 2.24) is 4.90 Å². The molecule has 110 valence electrons. The topological polar surface area (TPSA) is 41.6 Å². The molecule has 1 aromatic rings. The van der Waals surface area contributed by atoms with E-state index in [4.69, 9.17) is 16.3 Å². The van der Waals surface area contributed by atoms with Crippen molar-refractivity contribution in [2.75, 3.05) is 25.0 Å². The van der Waals surface area contributed by atoms with E-state index in [2.05, 4.69) is 10.2 Å². The minimum absolute atomic E-state index is 0.0170. The Morgan fingerprint density at radius 3 is 2.70 bits per heavy atom. The fraction of sp³-hybridized carbons (Fsp3) is 0.533. The van der Waals surface area contributed by atoms with Crippen molar-refractivity contribution in [3.05, 3.63) is 28.8 Å². The molecule has 4 nitrogen and oxygen atoms in total. The second-order valence-electron chi connectivity index (χ2n) is 5.41. The Hall–Kier alpha value is -1.10. The van der Waals surface area contributed by atoms with Gasteiger partial charge in [0.25, 0.3) is 0 Å². The van der Waals surface area contributed by atoms with Crippen LogP contribution in [0.2, 0.25) is 5.02 Å². The van der Waals surface area contributed by atoms with E-state index in [0.717, 1.165) is 24.3 Å². The third kappa shape index (κ3) is 3.95. The highest BCUT2D eigenvalue weighted by Gasteiger charge is 2.23. The smallest absolute Gasteiger partial charge is 0.238 e. The summed E-state index contributed by atoms with van der Waals surface area (Å²) >= 11 is 6.05. The number of carbonyl (C=O) groups is 1. The monoisotopic (exact) mass is 296 g/mol. The molecule has 5 heteroatoms. The lowest BCUT2D eigenvalue weighted by atomic mass is 10.2. The van der Waals surface area contributed by atoms with Crippen molar-refractivity contribution in [2.24, 2.45) is 0 Å². The van der Waals surface area contributed by atoms with Gasteiger partial charge in [-0.3, -0.25) is 9.69 Å². The summed E-state index contributed by atoms with van der Waals surface area (Å²) in [7, 11) is 0. The highest BCUT2D eigenvalue weighted by molar-refractivity contribution is 6.31. The molecule has 1 aromatic carbocycles. The van der Waals surface area contributed by atoms with E-state index in [1.54, 1.807) is 0 Å². The first-order valence-corrected chi connectivity index (χ1v) is 7.26. The van der Waals surface area contributed by atoms with Gasteiger partial charge in [0.05, 0.1) is 18.8 Å². The maximum atomic E-state index is 12.1. The minimum Gasteiger partial charge on any atom is -0.373 e. The molecule has 0 radical (unpaired) electrons. The lowest BCUT2D eigenvalue weighted by Gasteiger charge is -2.34. The van der Waals surface area contributed by atoms with Gasteiger partial charge in [-0.25, -0.2) is 0 Å². The molecule has 0 saturated carbocycles. The fourth-order valence-electron chi connectivity index (χ4n) is 2.55. The normalized spacial score (nSPS) is 23.6. The van der Waals surface area contributed by atoms with Crippen molar-refractivity contribution in [3.63, 3.8) is 0 Å². The molecule has 1 N–H and O–H groups in total. The third-order valence-electron chi connectivity index (χ3n) is 3.40. The van der Waals surface area contributed by atoms with Crippen molar-refractivity contribution < 1.29 is 9.53 Å². The van der Waals surface area contributed by atoms with Crippen molar-refractivity contribution in [3.8, 4) is 0 Å². The highest BCUT2D eigenvalue weighted by Crippen LogP contribution is 2.22. The van der Waals surface area contributed by atoms with Crippen LogP contribution in [-0.2, 0) is 9.53 Å². The highest BCUT2D eigenvalue weighted by atomic mass is 35.5. The number of hydrogen-bond donors (Lipinski definition) is 1. The molecule has 0 aliphatic carbocycles. The molecule has 1 aliphatic rings. The second-order valence-corrected chi connectivity index (χ2v) is 5.82. The Bertz CT molecular complexity index is 483. The van der Waals surface area contributed by atoms with Gasteiger partial charge in [-0.15, -0.1) is 0 Å². The van der Waals surface area contributed by atoms with Crippen molar-refractivity contribution >= 4 is 23.2 Å². The van der Waals surface area contributed by atoms with Crippen LogP contribution in [0, 0.1) is 6.92 Å². The van der Waals surface area contributed by atoms with E-state index in [9.17, 15) is 4.79 Å². The zero-order valence-corrected chi connectivity index (χ0v) is 12.9. The Labute approximate surface area is 125 Å². The summed E-state index contributed by atoms with van der Waals surface area (Å²) in [6, 6.07) is 5.52. The summed E-state index contributed by atoms with van der Waals surface area (Å²) in [6.45, 7) is 7.91. The molecular weight excluding hydrogens is 276 g/mol. The molecule has 1 heterocycles. The van der Waals surface area contributed by atoms with Gasteiger partial charge in [0.15, 0.2) is 0 Å². The van der Waals surface area contributed by atoms with Gasteiger partial charge in [0, 0.05) is 23.8 Å². The number of nitrogens with one attached hydrogen (secondary N) is 1. The van der Waals surface area contributed by atoms with Crippen LogP contribution in [0.4, 0.5) is 5.69 Å². The first-order valence-electron chi connectivity index (χ1n) is 6.88. The molecule has 1 fully saturated rings. The molecule has 20 heavy (non-hydrogen) atoms. The molecule has 1 saturated heterocycles. The van der Waals surface area contributed by atoms with Crippen LogP contribution < -0.4 is 5.32 Å².